The molecular weight excluding hydrogens is 1150 g/mol. The van der Waals surface area contributed by atoms with Crippen molar-refractivity contribution in [2.24, 2.45) is 0 Å². The lowest BCUT2D eigenvalue weighted by Crippen LogP contribution is -2.75. The van der Waals surface area contributed by atoms with Crippen molar-refractivity contribution in [2.75, 3.05) is 0 Å². The molecule has 1 aromatic heterocycles. The van der Waals surface area contributed by atoms with Crippen LogP contribution in [0.3, 0.4) is 0 Å². The molecule has 0 aliphatic carbocycles. The number of rotatable bonds is 8. The molecule has 3 nitrogen and oxygen atoms in total. The van der Waals surface area contributed by atoms with Crippen LogP contribution in [0.15, 0.2) is 146 Å². The maximum absolute atomic E-state index is 14.2. The second kappa shape index (κ2) is 21.4. The van der Waals surface area contributed by atoms with Gasteiger partial charge in [-0.05, 0) is 42.5 Å². The normalized spacial score (nSPS) is 13.2. The minimum Gasteiger partial charge on any atom is -0.287 e. The van der Waals surface area contributed by atoms with Crippen molar-refractivity contribution in [3.8, 4) is 11.3 Å². The van der Waals surface area contributed by atoms with Crippen LogP contribution in [0, 0.1) is 0 Å². The summed E-state index contributed by atoms with van der Waals surface area (Å²) in [6.07, 6.45) is -49.6. The Labute approximate surface area is 432 Å². The number of benzene rings is 6. The summed E-state index contributed by atoms with van der Waals surface area (Å²) in [7, 11) is 0. The molecule has 0 amide bonds. The Balaban J connectivity index is 0.000000378. The van der Waals surface area contributed by atoms with E-state index < -0.39 is 195 Å². The molecule has 0 fully saturated rings. The molecule has 79 heavy (non-hydrogen) atoms. The predicted molar refractivity (Wildman–Crippen MR) is 236 cm³/mol. The number of aromatic nitrogens is 2. The monoisotopic (exact) mass is 1170 g/mol. The van der Waals surface area contributed by atoms with E-state index >= 15 is 0 Å². The highest BCUT2D eigenvalue weighted by Gasteiger charge is 2.47. The number of nitrogens with zero attached hydrogens (tertiary/aromatic N) is 2. The smallest absolute Gasteiger partial charge is 0.287 e. The summed E-state index contributed by atoms with van der Waals surface area (Å²) in [4.78, 5) is 16.6. The van der Waals surface area contributed by atoms with Gasteiger partial charge in [0.1, 0.15) is 6.15 Å². The van der Waals surface area contributed by atoms with Crippen molar-refractivity contribution in [2.45, 2.75) is 56.0 Å². The van der Waals surface area contributed by atoms with Crippen LogP contribution in [0.25, 0.3) is 11.3 Å². The Morgan fingerprint density at radius 1 is 0.405 bits per heavy atom. The third kappa shape index (κ3) is 14.1. The van der Waals surface area contributed by atoms with Gasteiger partial charge in [0, 0.05) is 16.1 Å². The van der Waals surface area contributed by atoms with E-state index in [2.05, 4.69) is 4.98 Å². The topological polar surface area (TPSA) is 33.8 Å². The summed E-state index contributed by atoms with van der Waals surface area (Å²) in [5.41, 5.74) is -27.7. The van der Waals surface area contributed by atoms with E-state index in [1.807, 2.05) is 59.2 Å². The van der Waals surface area contributed by atoms with E-state index in [0.29, 0.717) is 10.6 Å². The second-order valence-corrected chi connectivity index (χ2v) is 17.5. The number of hydrogen-bond donors (Lipinski definition) is 0. The van der Waals surface area contributed by atoms with E-state index in [9.17, 15) is 110 Å². The van der Waals surface area contributed by atoms with Gasteiger partial charge in [-0.1, -0.05) is 96.5 Å². The molecule has 0 N–H and O–H groups in total. The van der Waals surface area contributed by atoms with Gasteiger partial charge in [-0.2, -0.15) is 132 Å². The van der Waals surface area contributed by atoms with Crippen LogP contribution < -0.4 is 26.4 Å². The van der Waals surface area contributed by atoms with Gasteiger partial charge in [-0.25, -0.2) is 0 Å². The second-order valence-electron chi connectivity index (χ2n) is 17.1. The van der Waals surface area contributed by atoms with Crippen LogP contribution in [0.5, 0.6) is 0 Å². The molecule has 0 spiro atoms. The molecule has 0 saturated carbocycles. The van der Waals surface area contributed by atoms with Crippen LogP contribution in [-0.4, -0.2) is 16.9 Å². The fourth-order valence-electron chi connectivity index (χ4n) is 8.35. The maximum atomic E-state index is 14.2. The third-order valence-corrected chi connectivity index (χ3v) is 12.0. The summed E-state index contributed by atoms with van der Waals surface area (Å²) in [5, 5.41) is 0.655. The zero-order valence-corrected chi connectivity index (χ0v) is 39.1. The zero-order chi connectivity index (χ0) is 59.3. The first-order valence-corrected chi connectivity index (χ1v) is 21.9. The van der Waals surface area contributed by atoms with Crippen molar-refractivity contribution in [3.63, 3.8) is 0 Å². The standard InChI is InChI=1S/C32H12BF24.C18H14ClN2O/c34-25(35,36)13-1-14(26(37,38)39)6-21(5-13)33(22-7-15(27(40,41)42)2-16(8-22)28(43,44)45,23-9-17(29(46,47)48)3-18(10-23)30(49,50)51)24-11-19(31(52,53)54)4-20(12-24)32(55,56)57;19-16-8-4-7-15(11-16)17-12-20-9-10-21(17)13-18(22)14-5-2-1-3-6-14/h1-12H;1-12H,13H2/q-1;+1. The minimum absolute atomic E-state index is 0.0556. The predicted octanol–water partition coefficient (Wildman–Crippen LogP) is 14.8. The van der Waals surface area contributed by atoms with Gasteiger partial charge in [-0.15, -0.1) is 0 Å². The highest BCUT2D eigenvalue weighted by Crippen LogP contribution is 2.41. The van der Waals surface area contributed by atoms with Crippen LogP contribution in [0.1, 0.15) is 54.9 Å². The van der Waals surface area contributed by atoms with Crippen molar-refractivity contribution < 1.29 is 115 Å². The molecule has 0 bridgehead atoms. The summed E-state index contributed by atoms with van der Waals surface area (Å²) in [6.45, 7) is 0.258. The molecule has 0 atom stereocenters. The van der Waals surface area contributed by atoms with Crippen LogP contribution in [0.4, 0.5) is 105 Å². The van der Waals surface area contributed by atoms with E-state index in [4.69, 9.17) is 11.6 Å². The summed E-state index contributed by atoms with van der Waals surface area (Å²) < 4.78 is 343. The Hall–Kier alpha value is -7.26. The highest BCUT2D eigenvalue weighted by atomic mass is 35.5. The molecule has 0 saturated heterocycles. The number of carbonyl (C=O) groups excluding carboxylic acids is 1. The first-order valence-electron chi connectivity index (χ1n) is 21.5. The Morgan fingerprint density at radius 3 is 0.987 bits per heavy atom. The minimum atomic E-state index is -6.13. The first kappa shape index (κ1) is 61.0. The van der Waals surface area contributed by atoms with Gasteiger partial charge >= 0.3 is 49.4 Å². The number of carbonyl (C=O) groups is 1. The van der Waals surface area contributed by atoms with E-state index in [-0.39, 0.29) is 12.3 Å². The summed E-state index contributed by atoms with van der Waals surface area (Å²) in [6, 6.07) is 7.98. The summed E-state index contributed by atoms with van der Waals surface area (Å²) in [5.74, 6) is 0.0556. The quantitative estimate of drug-likeness (QED) is 0.0658. The molecule has 0 unspecified atom stereocenters. The van der Waals surface area contributed by atoms with Crippen molar-refractivity contribution in [1.82, 2.24) is 4.98 Å². The fourth-order valence-corrected chi connectivity index (χ4v) is 8.54. The summed E-state index contributed by atoms with van der Waals surface area (Å²) >= 11 is 6.05. The van der Waals surface area contributed by atoms with E-state index in [1.54, 1.807) is 18.6 Å². The van der Waals surface area contributed by atoms with E-state index in [1.165, 1.54) is 0 Å². The van der Waals surface area contributed by atoms with Crippen molar-refractivity contribution in [3.05, 3.63) is 201 Å². The van der Waals surface area contributed by atoms with Crippen LogP contribution in [-0.2, 0) is 56.0 Å². The van der Waals surface area contributed by atoms with Gasteiger partial charge < -0.3 is 0 Å². The van der Waals surface area contributed by atoms with Gasteiger partial charge in [-0.3, -0.25) is 9.78 Å². The van der Waals surface area contributed by atoms with Crippen molar-refractivity contribution in [1.29, 1.82) is 0 Å². The molecule has 6 aromatic carbocycles. The van der Waals surface area contributed by atoms with E-state index in [0.717, 1.165) is 11.3 Å². The number of Topliss-reactive ketones (excluding diaryl/α,β-unsaturated/α-hetero) is 1. The molecule has 7 rings (SSSR count). The SMILES string of the molecule is FC(F)(F)c1cc([B-](c2cc(C(F)(F)F)cc(C(F)(F)F)c2)(c2cc(C(F)(F)F)cc(C(F)(F)F)c2)c2cc(C(F)(F)F)cc(C(F)(F)F)c2)cc(C(F)(F)F)c1.O=C(C[n+]1ccncc1-c1cccc(Cl)c1)c1ccccc1. The van der Waals surface area contributed by atoms with Gasteiger partial charge in [0.05, 0.1) is 56.9 Å². The molecule has 420 valence electrons. The molecule has 0 radical (unpaired) electrons. The zero-order valence-electron chi connectivity index (χ0n) is 38.4. The first-order chi connectivity index (χ1) is 36.0. The average molecular weight is 1170 g/mol. The van der Waals surface area contributed by atoms with Gasteiger partial charge in [0.25, 0.3) is 0 Å². The molecule has 7 aromatic rings. The third-order valence-electron chi connectivity index (χ3n) is 11.8. The number of ketones is 1. The van der Waals surface area contributed by atoms with Crippen LogP contribution >= 0.6 is 11.6 Å². The van der Waals surface area contributed by atoms with Gasteiger partial charge in [0.15, 0.2) is 6.20 Å². The highest BCUT2D eigenvalue weighted by molar-refractivity contribution is 7.20. The lowest BCUT2D eigenvalue weighted by molar-refractivity contribution is -0.672. The molecular formula is C50H26BClF24N2O. The van der Waals surface area contributed by atoms with Crippen LogP contribution in [0.2, 0.25) is 5.02 Å². The number of alkyl halides is 24. The molecule has 29 heteroatoms. The lowest BCUT2D eigenvalue weighted by Gasteiger charge is -2.46. The largest absolute Gasteiger partial charge is 0.416 e. The molecule has 0 aliphatic rings. The van der Waals surface area contributed by atoms with Crippen molar-refractivity contribution >= 4 is 45.4 Å². The Bertz CT molecular complexity index is 2920. The maximum Gasteiger partial charge on any atom is 0.416 e. The Kier molecular flexibility index (Phi) is 16.5. The lowest BCUT2D eigenvalue weighted by atomic mass is 9.12. The number of hydrogen-bond acceptors (Lipinski definition) is 2. The fraction of sp³-hybridized carbons (Fsp3) is 0.180. The Morgan fingerprint density at radius 2 is 0.709 bits per heavy atom. The molecule has 1 heterocycles. The molecule has 0 aliphatic heterocycles. The number of halogens is 25. The average Bonchev–Trinajstić information content (AvgIpc) is 3.54. The van der Waals surface area contributed by atoms with Gasteiger partial charge in [0.2, 0.25) is 18.0 Å².